The molecule has 1 fully saturated rings. The van der Waals surface area contributed by atoms with E-state index in [0.717, 1.165) is 0 Å². The van der Waals surface area contributed by atoms with Crippen molar-refractivity contribution >= 4 is 13.6 Å². The van der Waals surface area contributed by atoms with E-state index in [2.05, 4.69) is 5.32 Å². The van der Waals surface area contributed by atoms with Crippen molar-refractivity contribution in [3.05, 3.63) is 5.21 Å². The van der Waals surface area contributed by atoms with Crippen molar-refractivity contribution in [2.75, 3.05) is 26.0 Å². The van der Waals surface area contributed by atoms with Crippen LogP contribution in [0.15, 0.2) is 0 Å². The number of morpholine rings is 1. The molecule has 19 heavy (non-hydrogen) atoms. The molecule has 1 saturated heterocycles. The smallest absolute Gasteiger partial charge is 0.379 e. The summed E-state index contributed by atoms with van der Waals surface area (Å²) in [6, 6.07) is -1.47. The molecule has 0 aromatic heterocycles. The first-order valence-electron chi connectivity index (χ1n) is 5.89. The van der Waals surface area contributed by atoms with Gasteiger partial charge in [-0.1, -0.05) is 6.92 Å². The number of ether oxygens (including phenoxy) is 1. The van der Waals surface area contributed by atoms with E-state index in [1.807, 2.05) is 0 Å². The molecule has 1 aliphatic heterocycles. The van der Waals surface area contributed by atoms with Crippen LogP contribution in [-0.2, 0) is 14.1 Å². The number of nitrogens with zero attached hydrogens (tertiary/aromatic N) is 1. The van der Waals surface area contributed by atoms with Gasteiger partial charge in [-0.3, -0.25) is 4.57 Å². The van der Waals surface area contributed by atoms with Crippen LogP contribution in [0.3, 0.4) is 0 Å². The molecule has 0 aromatic carbocycles. The number of nitrogens with one attached hydrogen (secondary N) is 1. The molecule has 0 bridgehead atoms. The van der Waals surface area contributed by atoms with Crippen LogP contribution in [0.4, 0.5) is 0 Å². The van der Waals surface area contributed by atoms with Gasteiger partial charge in [0.1, 0.15) is 0 Å². The van der Waals surface area contributed by atoms with Crippen LogP contribution < -0.4 is 5.32 Å². The summed E-state index contributed by atoms with van der Waals surface area (Å²) < 4.78 is 14.8. The molecule has 3 atom stereocenters. The van der Waals surface area contributed by atoms with Gasteiger partial charge in [-0.2, -0.15) is 0 Å². The number of carboxylic acid groups (broad SMARTS) is 1. The highest BCUT2D eigenvalue weighted by Gasteiger charge is 2.45. The molecular weight excluding hydrogens is 279 g/mol. The van der Waals surface area contributed by atoms with Crippen molar-refractivity contribution in [2.24, 2.45) is 0 Å². The first kappa shape index (κ1) is 16.5. The molecule has 3 unspecified atom stereocenters. The number of carbonyl (C=O) groups is 1. The van der Waals surface area contributed by atoms with Crippen LogP contribution >= 0.6 is 7.60 Å². The maximum absolute atomic E-state index is 12.7. The molecule has 0 aliphatic carbocycles. The highest BCUT2D eigenvalue weighted by molar-refractivity contribution is 7.51. The number of rotatable bonds is 6. The number of aliphatic carboxylic acids is 1. The van der Waals surface area contributed by atoms with Crippen LogP contribution in [0.25, 0.3) is 0 Å². The molecule has 4 N–H and O–H groups in total. The van der Waals surface area contributed by atoms with E-state index in [-0.39, 0.29) is 19.6 Å². The van der Waals surface area contributed by atoms with Crippen LogP contribution in [0.5, 0.6) is 0 Å². The van der Waals surface area contributed by atoms with Gasteiger partial charge in [0.15, 0.2) is 12.3 Å². The number of hydrogen-bond acceptors (Lipinski definition) is 5. The zero-order chi connectivity index (χ0) is 14.7. The predicted molar refractivity (Wildman–Crippen MR) is 64.9 cm³/mol. The minimum absolute atomic E-state index is 0.0430. The molecule has 9 nitrogen and oxygen atoms in total. The summed E-state index contributed by atoms with van der Waals surface area (Å²) in [6.07, 6.45) is -2.29. The summed E-state index contributed by atoms with van der Waals surface area (Å²) in [7, 11) is -4.67. The summed E-state index contributed by atoms with van der Waals surface area (Å²) in [5.41, 5.74) is 0. The first-order chi connectivity index (χ1) is 8.70. The molecule has 1 heterocycles. The lowest BCUT2D eigenvalue weighted by molar-refractivity contribution is -0.933. The molecule has 10 heteroatoms. The Balaban J connectivity index is 3.06. The van der Waals surface area contributed by atoms with Crippen molar-refractivity contribution in [3.63, 3.8) is 0 Å². The number of hydrogen-bond donors (Lipinski definition) is 4. The van der Waals surface area contributed by atoms with Gasteiger partial charge < -0.3 is 34.8 Å². The SMILES string of the molecule is CCC(C(=O)O)[N+]([O-])(CP(=O)(O)O)C1CNCCO1. The molecule has 0 saturated carbocycles. The summed E-state index contributed by atoms with van der Waals surface area (Å²) >= 11 is 0. The van der Waals surface area contributed by atoms with E-state index in [0.29, 0.717) is 6.54 Å². The lowest BCUT2D eigenvalue weighted by Crippen LogP contribution is -2.65. The van der Waals surface area contributed by atoms with Crippen molar-refractivity contribution < 1.29 is 33.6 Å². The molecule has 0 spiro atoms. The van der Waals surface area contributed by atoms with Crippen molar-refractivity contribution in [1.82, 2.24) is 5.32 Å². The van der Waals surface area contributed by atoms with Crippen LogP contribution in [0.1, 0.15) is 13.3 Å². The van der Waals surface area contributed by atoms with Gasteiger partial charge in [-0.15, -0.1) is 0 Å². The van der Waals surface area contributed by atoms with E-state index in [9.17, 15) is 14.6 Å². The fourth-order valence-electron chi connectivity index (χ4n) is 2.18. The summed E-state index contributed by atoms with van der Waals surface area (Å²) in [4.78, 5) is 29.2. The lowest BCUT2D eigenvalue weighted by Gasteiger charge is -2.51. The third-order valence-corrected chi connectivity index (χ3v) is 3.81. The summed E-state index contributed by atoms with van der Waals surface area (Å²) in [6.45, 7) is 2.26. The van der Waals surface area contributed by atoms with Crippen LogP contribution in [-0.4, -0.2) is 63.8 Å². The third-order valence-electron chi connectivity index (χ3n) is 3.00. The molecule has 112 valence electrons. The average molecular weight is 298 g/mol. The number of carboxylic acids is 1. The van der Waals surface area contributed by atoms with Crippen LogP contribution in [0, 0.1) is 5.21 Å². The second-order valence-corrected chi connectivity index (χ2v) is 6.06. The van der Waals surface area contributed by atoms with E-state index in [1.165, 1.54) is 6.92 Å². The van der Waals surface area contributed by atoms with E-state index in [4.69, 9.17) is 19.6 Å². The Morgan fingerprint density at radius 3 is 2.63 bits per heavy atom. The Morgan fingerprint density at radius 1 is 1.63 bits per heavy atom. The van der Waals surface area contributed by atoms with Crippen molar-refractivity contribution in [2.45, 2.75) is 25.6 Å². The molecular formula is C9H19N2O7P. The van der Waals surface area contributed by atoms with Gasteiger partial charge in [-0.05, 0) is 0 Å². The highest BCUT2D eigenvalue weighted by Crippen LogP contribution is 2.41. The molecule has 0 radical (unpaired) electrons. The zero-order valence-electron chi connectivity index (χ0n) is 10.6. The summed E-state index contributed by atoms with van der Waals surface area (Å²) in [5.74, 6) is -1.39. The van der Waals surface area contributed by atoms with Gasteiger partial charge in [0.2, 0.25) is 6.23 Å². The second kappa shape index (κ2) is 6.27. The largest absolute Gasteiger partial charge is 0.630 e. The average Bonchev–Trinajstić information content (AvgIpc) is 2.28. The molecule has 1 rings (SSSR count). The first-order valence-corrected chi connectivity index (χ1v) is 7.68. The molecule has 0 amide bonds. The fraction of sp³-hybridized carbons (Fsp3) is 0.889. The standard InChI is InChI=1S/C9H19N2O7P/c1-2-7(9(12)13)11(14,6-19(15,16)17)8-5-10-3-4-18-8/h7-8,10H,2-6H2,1H3,(H,12,13)(H2,15,16,17). The molecule has 0 aromatic rings. The minimum Gasteiger partial charge on any atom is -0.630 e. The number of quaternary nitrogens is 1. The second-order valence-electron chi connectivity index (χ2n) is 4.45. The Labute approximate surface area is 110 Å². The van der Waals surface area contributed by atoms with Crippen molar-refractivity contribution in [1.29, 1.82) is 0 Å². The Bertz CT molecular complexity index is 368. The topological polar surface area (TPSA) is 139 Å². The quantitative estimate of drug-likeness (QED) is 0.285. The predicted octanol–water partition coefficient (Wildman–Crippen LogP) is -0.755. The maximum Gasteiger partial charge on any atom is 0.379 e. The lowest BCUT2D eigenvalue weighted by atomic mass is 10.2. The minimum atomic E-state index is -4.67. The monoisotopic (exact) mass is 298 g/mol. The Kier molecular flexibility index (Phi) is 5.45. The van der Waals surface area contributed by atoms with E-state index < -0.39 is 36.8 Å². The highest BCUT2D eigenvalue weighted by atomic mass is 31.2. The molecule has 1 aliphatic rings. The normalized spacial score (nSPS) is 25.6. The van der Waals surface area contributed by atoms with E-state index in [1.54, 1.807) is 0 Å². The summed E-state index contributed by atoms with van der Waals surface area (Å²) in [5, 5.41) is 24.7. The van der Waals surface area contributed by atoms with E-state index >= 15 is 0 Å². The fourth-order valence-corrected chi connectivity index (χ4v) is 3.14. The third kappa shape index (κ3) is 4.22. The van der Waals surface area contributed by atoms with Crippen LogP contribution in [0.2, 0.25) is 0 Å². The van der Waals surface area contributed by atoms with Gasteiger partial charge in [-0.25, -0.2) is 4.79 Å². The van der Waals surface area contributed by atoms with Gasteiger partial charge >= 0.3 is 13.6 Å². The van der Waals surface area contributed by atoms with Gasteiger partial charge in [0, 0.05) is 13.0 Å². The zero-order valence-corrected chi connectivity index (χ0v) is 11.5. The van der Waals surface area contributed by atoms with Gasteiger partial charge in [0.25, 0.3) is 0 Å². The van der Waals surface area contributed by atoms with Gasteiger partial charge in [0.05, 0.1) is 13.2 Å². The number of hydroxylamine groups is 3. The van der Waals surface area contributed by atoms with Crippen molar-refractivity contribution in [3.8, 4) is 0 Å². The Hall–Kier alpha value is -0.540. The maximum atomic E-state index is 12.7. The Morgan fingerprint density at radius 2 is 2.26 bits per heavy atom.